The molecule has 15 heteroatoms. The molecule has 0 radical (unpaired) electrons. The number of phosphoric ester groups is 1. The van der Waals surface area contributed by atoms with Gasteiger partial charge in [0.05, 0.1) is 40.1 Å². The predicted molar refractivity (Wildman–Crippen MR) is 138 cm³/mol. The summed E-state index contributed by atoms with van der Waals surface area (Å²) in [5, 5.41) is 0. The second-order valence-corrected chi connectivity index (χ2v) is 9.95. The van der Waals surface area contributed by atoms with Crippen LogP contribution >= 0.6 is 7.82 Å². The van der Waals surface area contributed by atoms with Crippen LogP contribution < -0.4 is 23.8 Å². The molecule has 2 aromatic heterocycles. The van der Waals surface area contributed by atoms with Crippen LogP contribution in [0.2, 0.25) is 0 Å². The molecule has 0 saturated heterocycles. The summed E-state index contributed by atoms with van der Waals surface area (Å²) in [7, 11) is -1.24. The Bertz CT molecular complexity index is 1700. The van der Waals surface area contributed by atoms with Crippen molar-refractivity contribution in [3.05, 3.63) is 59.0 Å². The standard InChI is InChI=1S/C25H28FN4O9P/c1-25(2)24(31)30(13-38-40(32,33)34)23-18(39-25)7-6-15(28-23)11-17-16(26)12-27-21(29-17)10-14-8-19(35-3)22(37-5)20(9-14)36-4/h6-9,12H,10-11,13H2,1-5H3,(H2,32,33,34)/i6D,7D,12D,13D2. The van der Waals surface area contributed by atoms with Crippen molar-refractivity contribution in [3.63, 3.8) is 0 Å². The second-order valence-electron chi connectivity index (χ2n) is 8.79. The lowest BCUT2D eigenvalue weighted by Gasteiger charge is -2.37. The number of anilines is 1. The highest BCUT2D eigenvalue weighted by Crippen LogP contribution is 2.41. The third-order valence-corrected chi connectivity index (χ3v) is 5.84. The monoisotopic (exact) mass is 583 g/mol. The molecule has 1 aliphatic heterocycles. The lowest BCUT2D eigenvalue weighted by Crippen LogP contribution is -2.53. The molecule has 3 heterocycles. The fourth-order valence-corrected chi connectivity index (χ4v) is 3.91. The van der Waals surface area contributed by atoms with Gasteiger partial charge >= 0.3 is 7.82 Å². The van der Waals surface area contributed by atoms with Crippen LogP contribution in [0.5, 0.6) is 23.0 Å². The van der Waals surface area contributed by atoms with Gasteiger partial charge in [-0.1, -0.05) is 0 Å². The Hall–Kier alpha value is -3.84. The van der Waals surface area contributed by atoms with E-state index in [1.54, 1.807) is 12.1 Å². The van der Waals surface area contributed by atoms with Crippen molar-refractivity contribution < 1.29 is 53.9 Å². The Morgan fingerprint density at radius 3 is 2.40 bits per heavy atom. The lowest BCUT2D eigenvalue weighted by molar-refractivity contribution is -0.133. The SMILES string of the molecule is [2H]c1nc(Cc2cc(OC)c(OC)c(OC)c2)nc(Cc2nc3c(c([2H])c2[2H])OC(C)(C)C(=O)N3C([2H])([2H])OP(=O)(O)O)c1F. The number of amides is 1. The Kier molecular flexibility index (Phi) is 6.50. The third kappa shape index (κ3) is 6.31. The molecule has 214 valence electrons. The fourth-order valence-electron chi connectivity index (χ4n) is 3.72. The van der Waals surface area contributed by atoms with Gasteiger partial charge in [0.2, 0.25) is 5.75 Å². The van der Waals surface area contributed by atoms with Gasteiger partial charge in [-0.25, -0.2) is 23.9 Å². The maximum absolute atomic E-state index is 15.2. The van der Waals surface area contributed by atoms with E-state index in [9.17, 15) is 19.1 Å². The molecule has 1 amide bonds. The Balaban J connectivity index is 1.80. The third-order valence-electron chi connectivity index (χ3n) is 5.52. The number of ether oxygens (including phenoxy) is 4. The predicted octanol–water partition coefficient (Wildman–Crippen LogP) is 2.79. The summed E-state index contributed by atoms with van der Waals surface area (Å²) in [6.07, 6.45) is -1.45. The van der Waals surface area contributed by atoms with Gasteiger partial charge < -0.3 is 28.7 Å². The van der Waals surface area contributed by atoms with Crippen molar-refractivity contribution in [3.8, 4) is 23.0 Å². The molecule has 0 bridgehead atoms. The molecule has 0 fully saturated rings. The van der Waals surface area contributed by atoms with Crippen molar-refractivity contribution in [1.82, 2.24) is 15.0 Å². The van der Waals surface area contributed by atoms with Gasteiger partial charge in [0, 0.05) is 18.5 Å². The molecule has 0 aliphatic carbocycles. The quantitative estimate of drug-likeness (QED) is 0.336. The summed E-state index contributed by atoms with van der Waals surface area (Å²) in [5.74, 6) is -2.69. The van der Waals surface area contributed by atoms with E-state index in [4.69, 9.17) is 25.8 Å². The summed E-state index contributed by atoms with van der Waals surface area (Å²) in [6, 6.07) is 1.92. The fraction of sp³-hybridized carbons (Fsp3) is 0.360. The summed E-state index contributed by atoms with van der Waals surface area (Å²) < 4.78 is 93.8. The summed E-state index contributed by atoms with van der Waals surface area (Å²) in [5.41, 5.74) is -2.14. The molecule has 0 spiro atoms. The average molecular weight is 584 g/mol. The average Bonchev–Trinajstić information content (AvgIpc) is 2.93. The van der Waals surface area contributed by atoms with E-state index in [0.717, 1.165) is 0 Å². The molecule has 3 aromatic rings. The summed E-state index contributed by atoms with van der Waals surface area (Å²) in [4.78, 5) is 44.1. The first-order chi connectivity index (χ1) is 20.8. The Labute approximate surface area is 236 Å². The molecule has 40 heavy (non-hydrogen) atoms. The first-order valence-electron chi connectivity index (χ1n) is 13.9. The van der Waals surface area contributed by atoms with Crippen LogP contribution in [0.4, 0.5) is 10.2 Å². The maximum Gasteiger partial charge on any atom is 0.471 e. The molecule has 4 rings (SSSR count). The number of hydrogen-bond donors (Lipinski definition) is 2. The number of phosphoric acid groups is 1. The van der Waals surface area contributed by atoms with Gasteiger partial charge in [0.15, 0.2) is 34.5 Å². The van der Waals surface area contributed by atoms with Gasteiger partial charge in [0.1, 0.15) is 12.5 Å². The largest absolute Gasteiger partial charge is 0.493 e. The van der Waals surface area contributed by atoms with E-state index < -0.39 is 79.5 Å². The van der Waals surface area contributed by atoms with E-state index in [1.807, 2.05) is 0 Å². The highest BCUT2D eigenvalue weighted by Gasteiger charge is 2.42. The number of carbonyl (C=O) groups excluding carboxylic acids is 1. The van der Waals surface area contributed by atoms with Gasteiger partial charge in [0.25, 0.3) is 5.91 Å². The van der Waals surface area contributed by atoms with Crippen molar-refractivity contribution in [2.24, 2.45) is 0 Å². The molecular formula is C25H28FN4O9P. The number of aromatic nitrogens is 3. The van der Waals surface area contributed by atoms with E-state index in [1.165, 1.54) is 35.2 Å². The highest BCUT2D eigenvalue weighted by molar-refractivity contribution is 7.46. The van der Waals surface area contributed by atoms with Crippen LogP contribution in [0, 0.1) is 5.82 Å². The highest BCUT2D eigenvalue weighted by atomic mass is 31.2. The molecular weight excluding hydrogens is 550 g/mol. The second kappa shape index (κ2) is 11.3. The van der Waals surface area contributed by atoms with Crippen LogP contribution in [0.1, 0.15) is 43.5 Å². The minimum Gasteiger partial charge on any atom is -0.493 e. The van der Waals surface area contributed by atoms with Crippen LogP contribution in [0.3, 0.4) is 0 Å². The number of hydrogen-bond acceptors (Lipinski definition) is 10. The van der Waals surface area contributed by atoms with Gasteiger partial charge in [-0.3, -0.25) is 14.2 Å². The number of nitrogens with zero attached hydrogens (tertiary/aromatic N) is 4. The molecule has 0 unspecified atom stereocenters. The molecule has 1 aliphatic rings. The first kappa shape index (κ1) is 22.9. The summed E-state index contributed by atoms with van der Waals surface area (Å²) in [6.45, 7) is -1.09. The molecule has 13 nitrogen and oxygen atoms in total. The minimum absolute atomic E-state index is 0.0190. The zero-order valence-corrected chi connectivity index (χ0v) is 22.8. The number of carbonyl (C=O) groups is 1. The zero-order chi connectivity index (χ0) is 33.6. The van der Waals surface area contributed by atoms with E-state index in [0.29, 0.717) is 22.8 Å². The van der Waals surface area contributed by atoms with Crippen LogP contribution in [0.25, 0.3) is 0 Å². The first-order valence-corrected chi connectivity index (χ1v) is 13.0. The van der Waals surface area contributed by atoms with Crippen LogP contribution in [-0.4, -0.2) is 64.3 Å². The number of fused-ring (bicyclic) bond motifs is 1. The molecule has 1 aromatic carbocycles. The Morgan fingerprint density at radius 2 is 1.80 bits per heavy atom. The zero-order valence-electron chi connectivity index (χ0n) is 26.9. The van der Waals surface area contributed by atoms with E-state index >= 15 is 4.39 Å². The van der Waals surface area contributed by atoms with Gasteiger partial charge in [-0.2, -0.15) is 0 Å². The van der Waals surface area contributed by atoms with E-state index in [-0.39, 0.29) is 17.1 Å². The maximum atomic E-state index is 15.2. The number of methoxy groups -OCH3 is 3. The number of pyridine rings is 1. The van der Waals surface area contributed by atoms with Crippen molar-refractivity contribution in [2.75, 3.05) is 32.9 Å². The van der Waals surface area contributed by atoms with Crippen molar-refractivity contribution in [1.29, 1.82) is 0 Å². The normalized spacial score (nSPS) is 16.6. The molecule has 0 saturated carbocycles. The number of halogens is 1. The number of benzene rings is 1. The van der Waals surface area contributed by atoms with Gasteiger partial charge in [-0.05, 0) is 43.6 Å². The van der Waals surface area contributed by atoms with Crippen LogP contribution in [-0.2, 0) is 26.7 Å². The van der Waals surface area contributed by atoms with Crippen molar-refractivity contribution >= 4 is 19.5 Å². The molecule has 2 N–H and O–H groups in total. The van der Waals surface area contributed by atoms with Crippen molar-refractivity contribution in [2.45, 2.75) is 32.3 Å². The minimum atomic E-state index is -5.52. The summed E-state index contributed by atoms with van der Waals surface area (Å²) >= 11 is 0. The smallest absolute Gasteiger partial charge is 0.471 e. The Morgan fingerprint density at radius 1 is 1.12 bits per heavy atom. The molecule has 0 atom stereocenters. The van der Waals surface area contributed by atoms with E-state index in [2.05, 4.69) is 19.5 Å². The topological polar surface area (TPSA) is 163 Å². The lowest BCUT2D eigenvalue weighted by atomic mass is 10.1. The van der Waals surface area contributed by atoms with Crippen LogP contribution in [0.15, 0.2) is 30.4 Å². The van der Waals surface area contributed by atoms with Gasteiger partial charge in [-0.15, -0.1) is 0 Å². The number of rotatable bonds is 10.